The fourth-order valence-corrected chi connectivity index (χ4v) is 3.60. The number of Topliss-reactive ketones (excluding diaryl/α,β-unsaturated/α-hetero) is 1. The number of nitrogens with one attached hydrogen (secondary N) is 1. The number of halogens is 2. The largest absolute Gasteiger partial charge is 0.457 e. The first-order chi connectivity index (χ1) is 13.0. The molecule has 140 valence electrons. The Morgan fingerprint density at radius 3 is 2.67 bits per heavy atom. The van der Waals surface area contributed by atoms with Crippen molar-refractivity contribution in [2.45, 2.75) is 18.2 Å². The van der Waals surface area contributed by atoms with Gasteiger partial charge in [-0.05, 0) is 31.2 Å². The van der Waals surface area contributed by atoms with Gasteiger partial charge in [0.15, 0.2) is 18.2 Å². The predicted octanol–water partition coefficient (Wildman–Crippen LogP) is 4.66. The van der Waals surface area contributed by atoms with Gasteiger partial charge in [-0.15, -0.1) is 11.8 Å². The number of carbonyl (C=O) groups excluding carboxylic acids is 2. The van der Waals surface area contributed by atoms with Crippen LogP contribution < -0.4 is 0 Å². The number of ether oxygens (including phenoxy) is 1. The van der Waals surface area contributed by atoms with Crippen LogP contribution >= 0.6 is 11.8 Å². The van der Waals surface area contributed by atoms with Crippen LogP contribution in [0.5, 0.6) is 0 Å². The maximum atomic E-state index is 13.1. The lowest BCUT2D eigenvalue weighted by atomic mass is 10.1. The molecule has 0 amide bonds. The number of rotatable bonds is 7. The molecule has 0 unspecified atom stereocenters. The summed E-state index contributed by atoms with van der Waals surface area (Å²) < 4.78 is 31.1. The second-order valence-electron chi connectivity index (χ2n) is 5.93. The number of hydrogen-bond acceptors (Lipinski definition) is 4. The molecular formula is C20H17F2NO3S. The predicted molar refractivity (Wildman–Crippen MR) is 100 cm³/mol. The Labute approximate surface area is 158 Å². The molecule has 0 saturated carbocycles. The van der Waals surface area contributed by atoms with Crippen LogP contribution in [0.3, 0.4) is 0 Å². The molecule has 0 saturated heterocycles. The van der Waals surface area contributed by atoms with Crippen LogP contribution in [0.25, 0.3) is 10.9 Å². The van der Waals surface area contributed by atoms with Crippen molar-refractivity contribution in [3.8, 4) is 0 Å². The second kappa shape index (κ2) is 8.35. The Bertz CT molecular complexity index is 1000. The van der Waals surface area contributed by atoms with Gasteiger partial charge in [-0.3, -0.25) is 9.59 Å². The second-order valence-corrected chi connectivity index (χ2v) is 7.10. The molecule has 1 N–H and O–H groups in total. The number of carbonyl (C=O) groups is 2. The van der Waals surface area contributed by atoms with Crippen LogP contribution in [-0.2, 0) is 9.53 Å². The standard InChI is InChI=1S/C20H17F2NO3S/c1-12-20(14-4-2-3-5-17(14)23-12)18(24)11-26-19(25)8-9-27-13-6-7-15(21)16(22)10-13/h2-7,10,23H,8-9,11H2,1H3. The summed E-state index contributed by atoms with van der Waals surface area (Å²) in [6.45, 7) is 1.46. The van der Waals surface area contributed by atoms with E-state index in [-0.39, 0.29) is 18.8 Å². The van der Waals surface area contributed by atoms with E-state index in [0.29, 0.717) is 16.2 Å². The van der Waals surface area contributed by atoms with Gasteiger partial charge in [-0.25, -0.2) is 8.78 Å². The zero-order chi connectivity index (χ0) is 19.4. The van der Waals surface area contributed by atoms with E-state index in [0.717, 1.165) is 28.7 Å². The molecule has 4 nitrogen and oxygen atoms in total. The van der Waals surface area contributed by atoms with Gasteiger partial charge in [0.25, 0.3) is 0 Å². The Kier molecular flexibility index (Phi) is 5.91. The maximum absolute atomic E-state index is 13.1. The van der Waals surface area contributed by atoms with E-state index in [9.17, 15) is 18.4 Å². The molecule has 0 spiro atoms. The van der Waals surface area contributed by atoms with Gasteiger partial charge >= 0.3 is 5.97 Å². The van der Waals surface area contributed by atoms with Gasteiger partial charge < -0.3 is 9.72 Å². The highest BCUT2D eigenvalue weighted by atomic mass is 32.2. The van der Waals surface area contributed by atoms with Crippen molar-refractivity contribution in [1.29, 1.82) is 0 Å². The Hall–Kier alpha value is -2.67. The first kappa shape index (κ1) is 19.1. The quantitative estimate of drug-likeness (QED) is 0.363. The minimum atomic E-state index is -0.928. The number of aryl methyl sites for hydroxylation is 1. The highest BCUT2D eigenvalue weighted by molar-refractivity contribution is 7.99. The first-order valence-corrected chi connectivity index (χ1v) is 9.28. The van der Waals surface area contributed by atoms with Crippen LogP contribution in [0.4, 0.5) is 8.78 Å². The Balaban J connectivity index is 1.50. The van der Waals surface area contributed by atoms with Crippen molar-refractivity contribution in [3.05, 3.63) is 65.4 Å². The van der Waals surface area contributed by atoms with Gasteiger partial charge in [0.2, 0.25) is 5.78 Å². The van der Waals surface area contributed by atoms with Crippen molar-refractivity contribution in [2.75, 3.05) is 12.4 Å². The van der Waals surface area contributed by atoms with Crippen molar-refractivity contribution < 1.29 is 23.1 Å². The summed E-state index contributed by atoms with van der Waals surface area (Å²) in [6, 6.07) is 11.0. The number of thioether (sulfide) groups is 1. The van der Waals surface area contributed by atoms with E-state index in [4.69, 9.17) is 4.74 Å². The zero-order valence-electron chi connectivity index (χ0n) is 14.6. The van der Waals surface area contributed by atoms with Crippen LogP contribution in [0.1, 0.15) is 22.5 Å². The lowest BCUT2D eigenvalue weighted by molar-refractivity contribution is -0.141. The van der Waals surface area contributed by atoms with E-state index >= 15 is 0 Å². The normalized spacial score (nSPS) is 10.9. The third-order valence-corrected chi connectivity index (χ3v) is 5.00. The van der Waals surface area contributed by atoms with Gasteiger partial charge in [0.05, 0.1) is 6.42 Å². The third-order valence-electron chi connectivity index (χ3n) is 4.00. The summed E-state index contributed by atoms with van der Waals surface area (Å²) in [4.78, 5) is 27.9. The molecule has 1 aromatic heterocycles. The number of esters is 1. The van der Waals surface area contributed by atoms with Crippen molar-refractivity contribution >= 4 is 34.4 Å². The molecule has 3 aromatic rings. The number of benzene rings is 2. The monoisotopic (exact) mass is 389 g/mol. The number of aromatic amines is 1. The zero-order valence-corrected chi connectivity index (χ0v) is 15.4. The van der Waals surface area contributed by atoms with Gasteiger partial charge in [0, 0.05) is 32.8 Å². The molecular weight excluding hydrogens is 372 g/mol. The molecule has 0 bridgehead atoms. The summed E-state index contributed by atoms with van der Waals surface area (Å²) in [5, 5.41) is 0.796. The highest BCUT2D eigenvalue weighted by Crippen LogP contribution is 2.23. The van der Waals surface area contributed by atoms with E-state index in [1.165, 1.54) is 17.8 Å². The van der Waals surface area contributed by atoms with Gasteiger partial charge in [-0.1, -0.05) is 18.2 Å². The average Bonchev–Trinajstić information content (AvgIpc) is 2.98. The molecule has 0 fully saturated rings. The Morgan fingerprint density at radius 2 is 1.89 bits per heavy atom. The number of fused-ring (bicyclic) bond motifs is 1. The molecule has 27 heavy (non-hydrogen) atoms. The average molecular weight is 389 g/mol. The summed E-state index contributed by atoms with van der Waals surface area (Å²) in [7, 11) is 0. The summed E-state index contributed by atoms with van der Waals surface area (Å²) in [5.74, 6) is -2.29. The lowest BCUT2D eigenvalue weighted by Crippen LogP contribution is -2.15. The number of para-hydroxylation sites is 1. The smallest absolute Gasteiger partial charge is 0.307 e. The fraction of sp³-hybridized carbons (Fsp3) is 0.200. The van der Waals surface area contributed by atoms with Gasteiger partial charge in [-0.2, -0.15) is 0 Å². The topological polar surface area (TPSA) is 59.2 Å². The van der Waals surface area contributed by atoms with E-state index in [1.54, 1.807) is 6.92 Å². The molecule has 3 rings (SSSR count). The fourth-order valence-electron chi connectivity index (χ4n) is 2.75. The van der Waals surface area contributed by atoms with Crippen LogP contribution in [-0.4, -0.2) is 29.1 Å². The third kappa shape index (κ3) is 4.54. The van der Waals surface area contributed by atoms with Gasteiger partial charge in [0.1, 0.15) is 0 Å². The maximum Gasteiger partial charge on any atom is 0.307 e. The lowest BCUT2D eigenvalue weighted by Gasteiger charge is -2.05. The summed E-state index contributed by atoms with van der Waals surface area (Å²) in [5.41, 5.74) is 2.10. The molecule has 0 aliphatic heterocycles. The molecule has 7 heteroatoms. The van der Waals surface area contributed by atoms with Crippen LogP contribution in [0.2, 0.25) is 0 Å². The molecule has 2 aromatic carbocycles. The summed E-state index contributed by atoms with van der Waals surface area (Å²) >= 11 is 1.21. The minimum Gasteiger partial charge on any atom is -0.457 e. The van der Waals surface area contributed by atoms with Crippen LogP contribution in [0, 0.1) is 18.6 Å². The number of aromatic nitrogens is 1. The Morgan fingerprint density at radius 1 is 1.11 bits per heavy atom. The van der Waals surface area contributed by atoms with E-state index < -0.39 is 17.6 Å². The van der Waals surface area contributed by atoms with Crippen molar-refractivity contribution in [3.63, 3.8) is 0 Å². The number of hydrogen-bond donors (Lipinski definition) is 1. The SMILES string of the molecule is Cc1[nH]c2ccccc2c1C(=O)COC(=O)CCSc1ccc(F)c(F)c1. The van der Waals surface area contributed by atoms with Crippen molar-refractivity contribution in [1.82, 2.24) is 4.98 Å². The first-order valence-electron chi connectivity index (χ1n) is 8.29. The number of ketones is 1. The van der Waals surface area contributed by atoms with E-state index in [2.05, 4.69) is 4.98 Å². The van der Waals surface area contributed by atoms with Crippen molar-refractivity contribution in [2.24, 2.45) is 0 Å². The molecule has 0 aliphatic carbocycles. The minimum absolute atomic E-state index is 0.0593. The van der Waals surface area contributed by atoms with E-state index in [1.807, 2.05) is 24.3 Å². The highest BCUT2D eigenvalue weighted by Gasteiger charge is 2.17. The number of H-pyrrole nitrogens is 1. The summed E-state index contributed by atoms with van der Waals surface area (Å²) in [6.07, 6.45) is 0.0593. The molecule has 0 aliphatic rings. The van der Waals surface area contributed by atoms with Crippen LogP contribution in [0.15, 0.2) is 47.4 Å². The molecule has 0 atom stereocenters. The molecule has 0 radical (unpaired) electrons. The molecule has 1 heterocycles.